The Labute approximate surface area is 100 Å². The van der Waals surface area contributed by atoms with Crippen molar-refractivity contribution in [1.29, 1.82) is 0 Å². The van der Waals surface area contributed by atoms with Gasteiger partial charge in [-0.25, -0.2) is 4.39 Å². The molecule has 17 heavy (non-hydrogen) atoms. The number of aliphatic hydroxyl groups is 1. The molecule has 2 unspecified atom stereocenters. The van der Waals surface area contributed by atoms with E-state index in [2.05, 4.69) is 0 Å². The second-order valence-electron chi connectivity index (χ2n) is 4.28. The SMILES string of the molecule is COc1ccc(C(O)CC2CCCO2)cc1F. The molecule has 1 aromatic rings. The number of benzene rings is 1. The van der Waals surface area contributed by atoms with Crippen LogP contribution in [-0.2, 0) is 4.74 Å². The molecule has 0 amide bonds. The van der Waals surface area contributed by atoms with Crippen LogP contribution in [0.3, 0.4) is 0 Å². The predicted octanol–water partition coefficient (Wildman–Crippen LogP) is 2.44. The molecule has 1 aromatic carbocycles. The van der Waals surface area contributed by atoms with E-state index >= 15 is 0 Å². The first-order valence-electron chi connectivity index (χ1n) is 5.84. The van der Waals surface area contributed by atoms with E-state index in [-0.39, 0.29) is 11.9 Å². The van der Waals surface area contributed by atoms with Crippen LogP contribution in [0, 0.1) is 5.82 Å². The van der Waals surface area contributed by atoms with Crippen LogP contribution in [0.2, 0.25) is 0 Å². The minimum atomic E-state index is -0.682. The van der Waals surface area contributed by atoms with Gasteiger partial charge in [0.25, 0.3) is 0 Å². The minimum absolute atomic E-state index is 0.0927. The molecule has 0 bridgehead atoms. The van der Waals surface area contributed by atoms with E-state index in [0.29, 0.717) is 12.0 Å². The third-order valence-corrected chi connectivity index (χ3v) is 3.07. The lowest BCUT2D eigenvalue weighted by molar-refractivity contribution is 0.0533. The van der Waals surface area contributed by atoms with Gasteiger partial charge < -0.3 is 14.6 Å². The van der Waals surface area contributed by atoms with Crippen molar-refractivity contribution in [3.05, 3.63) is 29.6 Å². The van der Waals surface area contributed by atoms with Gasteiger partial charge in [0.05, 0.1) is 19.3 Å². The summed E-state index contributed by atoms with van der Waals surface area (Å²) in [5.74, 6) is -0.255. The van der Waals surface area contributed by atoms with E-state index in [1.165, 1.54) is 19.2 Å². The fourth-order valence-electron chi connectivity index (χ4n) is 2.11. The Hall–Kier alpha value is -1.13. The zero-order valence-electron chi connectivity index (χ0n) is 9.86. The van der Waals surface area contributed by atoms with Gasteiger partial charge in [-0.1, -0.05) is 6.07 Å². The zero-order chi connectivity index (χ0) is 12.3. The zero-order valence-corrected chi connectivity index (χ0v) is 9.86. The van der Waals surface area contributed by atoms with Gasteiger partial charge in [-0.3, -0.25) is 0 Å². The van der Waals surface area contributed by atoms with Crippen LogP contribution in [0.15, 0.2) is 18.2 Å². The Kier molecular flexibility index (Phi) is 3.97. The first-order valence-corrected chi connectivity index (χ1v) is 5.84. The maximum absolute atomic E-state index is 13.5. The first-order chi connectivity index (χ1) is 8.20. The maximum atomic E-state index is 13.5. The number of hydrogen-bond donors (Lipinski definition) is 1. The Bertz CT molecular complexity index is 375. The number of aliphatic hydroxyl groups excluding tert-OH is 1. The molecule has 0 saturated carbocycles. The fourth-order valence-corrected chi connectivity index (χ4v) is 2.11. The molecule has 94 valence electrons. The average Bonchev–Trinajstić information content (AvgIpc) is 2.81. The predicted molar refractivity (Wildman–Crippen MR) is 61.5 cm³/mol. The summed E-state index contributed by atoms with van der Waals surface area (Å²) < 4.78 is 23.7. The molecule has 2 atom stereocenters. The van der Waals surface area contributed by atoms with Crippen LogP contribution in [0.25, 0.3) is 0 Å². The van der Waals surface area contributed by atoms with Crippen LogP contribution in [-0.4, -0.2) is 24.9 Å². The molecule has 4 heteroatoms. The van der Waals surface area contributed by atoms with E-state index in [4.69, 9.17) is 9.47 Å². The Morgan fingerprint density at radius 1 is 1.59 bits per heavy atom. The summed E-state index contributed by atoms with van der Waals surface area (Å²) in [5, 5.41) is 9.98. The molecular weight excluding hydrogens is 223 g/mol. The Morgan fingerprint density at radius 2 is 2.41 bits per heavy atom. The number of hydrogen-bond acceptors (Lipinski definition) is 3. The van der Waals surface area contributed by atoms with Crippen molar-refractivity contribution in [2.45, 2.75) is 31.5 Å². The topological polar surface area (TPSA) is 38.7 Å². The van der Waals surface area contributed by atoms with Gasteiger partial charge in [0.2, 0.25) is 0 Å². The van der Waals surface area contributed by atoms with E-state index in [0.717, 1.165) is 19.4 Å². The monoisotopic (exact) mass is 240 g/mol. The van der Waals surface area contributed by atoms with Crippen molar-refractivity contribution in [3.8, 4) is 5.75 Å². The molecule has 0 spiro atoms. The van der Waals surface area contributed by atoms with Crippen molar-refractivity contribution in [3.63, 3.8) is 0 Å². The Morgan fingerprint density at radius 3 is 3.00 bits per heavy atom. The molecule has 1 heterocycles. The molecule has 1 aliphatic rings. The third-order valence-electron chi connectivity index (χ3n) is 3.07. The second-order valence-corrected chi connectivity index (χ2v) is 4.28. The van der Waals surface area contributed by atoms with Crippen LogP contribution >= 0.6 is 0 Å². The van der Waals surface area contributed by atoms with E-state index in [1.54, 1.807) is 6.07 Å². The van der Waals surface area contributed by atoms with Gasteiger partial charge in [0.15, 0.2) is 11.6 Å². The lowest BCUT2D eigenvalue weighted by Gasteiger charge is -2.16. The Balaban J connectivity index is 2.02. The highest BCUT2D eigenvalue weighted by Crippen LogP contribution is 2.27. The smallest absolute Gasteiger partial charge is 0.165 e. The summed E-state index contributed by atoms with van der Waals surface area (Å²) in [6, 6.07) is 4.53. The lowest BCUT2D eigenvalue weighted by Crippen LogP contribution is -2.11. The van der Waals surface area contributed by atoms with Gasteiger partial charge in [-0.05, 0) is 30.5 Å². The second kappa shape index (κ2) is 5.47. The molecule has 3 nitrogen and oxygen atoms in total. The molecule has 0 aromatic heterocycles. The number of rotatable bonds is 4. The first kappa shape index (κ1) is 12.3. The summed E-state index contributed by atoms with van der Waals surface area (Å²) in [5.41, 5.74) is 0.568. The minimum Gasteiger partial charge on any atom is -0.494 e. The van der Waals surface area contributed by atoms with Crippen molar-refractivity contribution in [2.24, 2.45) is 0 Å². The molecule has 1 fully saturated rings. The molecular formula is C13H17FO3. The number of ether oxygens (including phenoxy) is 2. The van der Waals surface area contributed by atoms with Crippen molar-refractivity contribution < 1.29 is 19.0 Å². The fraction of sp³-hybridized carbons (Fsp3) is 0.538. The molecule has 1 saturated heterocycles. The largest absolute Gasteiger partial charge is 0.494 e. The third kappa shape index (κ3) is 2.96. The summed E-state index contributed by atoms with van der Waals surface area (Å²) in [6.45, 7) is 0.758. The summed E-state index contributed by atoms with van der Waals surface area (Å²) in [6.07, 6.45) is 1.93. The molecule has 1 aliphatic heterocycles. The van der Waals surface area contributed by atoms with Gasteiger partial charge in [-0.15, -0.1) is 0 Å². The molecule has 1 N–H and O–H groups in total. The highest BCUT2D eigenvalue weighted by Gasteiger charge is 2.21. The summed E-state index contributed by atoms with van der Waals surface area (Å²) in [4.78, 5) is 0. The van der Waals surface area contributed by atoms with Crippen LogP contribution in [0.1, 0.15) is 30.9 Å². The van der Waals surface area contributed by atoms with Crippen LogP contribution < -0.4 is 4.74 Å². The summed E-state index contributed by atoms with van der Waals surface area (Å²) >= 11 is 0. The molecule has 0 aliphatic carbocycles. The molecule has 0 radical (unpaired) electrons. The average molecular weight is 240 g/mol. The van der Waals surface area contributed by atoms with E-state index in [1.807, 2.05) is 0 Å². The van der Waals surface area contributed by atoms with Gasteiger partial charge in [0.1, 0.15) is 0 Å². The quantitative estimate of drug-likeness (QED) is 0.878. The summed E-state index contributed by atoms with van der Waals surface area (Å²) in [7, 11) is 1.42. The van der Waals surface area contributed by atoms with Crippen LogP contribution in [0.4, 0.5) is 4.39 Å². The van der Waals surface area contributed by atoms with E-state index in [9.17, 15) is 9.50 Å². The van der Waals surface area contributed by atoms with Gasteiger partial charge in [0, 0.05) is 13.0 Å². The van der Waals surface area contributed by atoms with Crippen molar-refractivity contribution >= 4 is 0 Å². The number of methoxy groups -OCH3 is 1. The standard InChI is InChI=1S/C13H17FO3/c1-16-13-5-4-9(7-11(13)14)12(15)8-10-3-2-6-17-10/h4-5,7,10,12,15H,2-3,6,8H2,1H3. The van der Waals surface area contributed by atoms with Crippen LogP contribution in [0.5, 0.6) is 5.75 Å². The molecule has 2 rings (SSSR count). The van der Waals surface area contributed by atoms with Crippen molar-refractivity contribution in [2.75, 3.05) is 13.7 Å². The number of halogens is 1. The maximum Gasteiger partial charge on any atom is 0.165 e. The van der Waals surface area contributed by atoms with Gasteiger partial charge in [-0.2, -0.15) is 0 Å². The highest BCUT2D eigenvalue weighted by atomic mass is 19.1. The van der Waals surface area contributed by atoms with E-state index < -0.39 is 11.9 Å². The normalized spacial score (nSPS) is 21.5. The lowest BCUT2D eigenvalue weighted by atomic mass is 10.0. The van der Waals surface area contributed by atoms with Crippen molar-refractivity contribution in [1.82, 2.24) is 0 Å². The van der Waals surface area contributed by atoms with Gasteiger partial charge >= 0.3 is 0 Å². The highest BCUT2D eigenvalue weighted by molar-refractivity contribution is 5.30.